The number of rotatable bonds is 5. The van der Waals surface area contributed by atoms with Crippen molar-refractivity contribution in [3.8, 4) is 0 Å². The second-order valence-electron chi connectivity index (χ2n) is 5.21. The maximum atomic E-state index is 11.9. The van der Waals surface area contributed by atoms with Crippen LogP contribution in [0, 0.1) is 10.1 Å². The van der Waals surface area contributed by atoms with E-state index in [1.54, 1.807) is 25.1 Å². The van der Waals surface area contributed by atoms with Gasteiger partial charge >= 0.3 is 0 Å². The van der Waals surface area contributed by atoms with Crippen molar-refractivity contribution in [3.05, 3.63) is 39.9 Å². The van der Waals surface area contributed by atoms with Crippen LogP contribution < -0.4 is 5.32 Å². The van der Waals surface area contributed by atoms with Crippen molar-refractivity contribution in [3.63, 3.8) is 0 Å². The maximum Gasteiger partial charge on any atom is 0.273 e. The first kappa shape index (κ1) is 15.4. The van der Waals surface area contributed by atoms with Crippen molar-refractivity contribution in [2.45, 2.75) is 31.5 Å². The van der Waals surface area contributed by atoms with Crippen LogP contribution in [0.25, 0.3) is 0 Å². The third kappa shape index (κ3) is 3.56. The summed E-state index contributed by atoms with van der Waals surface area (Å²) in [6.45, 7) is 2.28. The van der Waals surface area contributed by atoms with Gasteiger partial charge in [0.25, 0.3) is 5.69 Å². The molecule has 0 aromatic heterocycles. The fourth-order valence-electron chi connectivity index (χ4n) is 2.33. The number of amides is 1. The van der Waals surface area contributed by atoms with Crippen LogP contribution in [0.15, 0.2) is 24.3 Å². The van der Waals surface area contributed by atoms with Crippen molar-refractivity contribution in [2.24, 2.45) is 0 Å². The number of nitrogens with zero attached hydrogens (tertiary/aromatic N) is 1. The molecule has 21 heavy (non-hydrogen) atoms. The predicted octanol–water partition coefficient (Wildman–Crippen LogP) is 0.793. The average Bonchev–Trinajstić information content (AvgIpc) is 2.77. The number of carbonyl (C=O) groups excluding carboxylic acids is 1. The number of nitrogens with one attached hydrogen (secondary N) is 1. The first-order chi connectivity index (χ1) is 9.92. The van der Waals surface area contributed by atoms with Crippen molar-refractivity contribution in [1.82, 2.24) is 5.32 Å². The molecular weight excluding hydrogens is 276 g/mol. The molecule has 1 saturated heterocycles. The fourth-order valence-corrected chi connectivity index (χ4v) is 2.33. The highest BCUT2D eigenvalue weighted by molar-refractivity contribution is 5.79. The normalized spacial score (nSPS) is 24.8. The monoisotopic (exact) mass is 294 g/mol. The van der Waals surface area contributed by atoms with E-state index in [9.17, 15) is 20.0 Å². The lowest BCUT2D eigenvalue weighted by Gasteiger charge is -2.26. The first-order valence-electron chi connectivity index (χ1n) is 6.75. The molecule has 2 N–H and O–H groups in total. The summed E-state index contributed by atoms with van der Waals surface area (Å²) >= 11 is 0. The Kier molecular flexibility index (Phi) is 4.54. The Morgan fingerprint density at radius 3 is 2.90 bits per heavy atom. The SMILES string of the molecule is CC1OCCC1(O)CNC(=O)Cc1ccccc1[N+](=O)[O-]. The summed E-state index contributed by atoms with van der Waals surface area (Å²) < 4.78 is 5.28. The minimum atomic E-state index is -1.07. The summed E-state index contributed by atoms with van der Waals surface area (Å²) in [5.74, 6) is -0.364. The number of ether oxygens (including phenoxy) is 1. The Bertz CT molecular complexity index is 548. The van der Waals surface area contributed by atoms with Gasteiger partial charge in [0.1, 0.15) is 5.60 Å². The van der Waals surface area contributed by atoms with E-state index in [1.807, 2.05) is 0 Å². The van der Waals surface area contributed by atoms with E-state index in [1.165, 1.54) is 6.07 Å². The Balaban J connectivity index is 1.95. The number of nitro groups is 1. The van der Waals surface area contributed by atoms with Gasteiger partial charge in [0.05, 0.1) is 17.4 Å². The van der Waals surface area contributed by atoms with Gasteiger partial charge in [-0.15, -0.1) is 0 Å². The Labute approximate surface area is 122 Å². The van der Waals surface area contributed by atoms with Crippen LogP contribution in [0.5, 0.6) is 0 Å². The number of hydrogen-bond acceptors (Lipinski definition) is 5. The molecule has 0 radical (unpaired) electrons. The second kappa shape index (κ2) is 6.19. The summed E-state index contributed by atoms with van der Waals surface area (Å²) in [5.41, 5.74) is -0.801. The molecule has 2 rings (SSSR count). The lowest BCUT2D eigenvalue weighted by atomic mass is 9.96. The van der Waals surface area contributed by atoms with Crippen LogP contribution in [0.3, 0.4) is 0 Å². The van der Waals surface area contributed by atoms with E-state index in [-0.39, 0.29) is 30.7 Å². The largest absolute Gasteiger partial charge is 0.385 e. The zero-order valence-electron chi connectivity index (χ0n) is 11.7. The number of benzene rings is 1. The smallest absolute Gasteiger partial charge is 0.273 e. The first-order valence-corrected chi connectivity index (χ1v) is 6.75. The summed E-state index contributed by atoms with van der Waals surface area (Å²) in [6.07, 6.45) is 0.0198. The van der Waals surface area contributed by atoms with Gasteiger partial charge in [-0.1, -0.05) is 18.2 Å². The standard InChI is InChI=1S/C14H18N2O5/c1-10-14(18,6-7-21-10)9-15-13(17)8-11-4-2-3-5-12(11)16(19)20/h2-5,10,18H,6-9H2,1H3,(H,15,17). The van der Waals surface area contributed by atoms with Crippen molar-refractivity contribution >= 4 is 11.6 Å². The van der Waals surface area contributed by atoms with Gasteiger partial charge in [0.2, 0.25) is 5.91 Å². The van der Waals surface area contributed by atoms with Crippen LogP contribution >= 0.6 is 0 Å². The molecule has 1 aromatic rings. The van der Waals surface area contributed by atoms with E-state index in [0.717, 1.165) is 0 Å². The third-order valence-electron chi connectivity index (χ3n) is 3.79. The van der Waals surface area contributed by atoms with Crippen LogP contribution in [0.4, 0.5) is 5.69 Å². The molecule has 1 heterocycles. The minimum Gasteiger partial charge on any atom is -0.385 e. The van der Waals surface area contributed by atoms with Gasteiger partial charge in [0.15, 0.2) is 0 Å². The second-order valence-corrected chi connectivity index (χ2v) is 5.21. The Morgan fingerprint density at radius 1 is 1.57 bits per heavy atom. The molecule has 0 spiro atoms. The van der Waals surface area contributed by atoms with Gasteiger partial charge < -0.3 is 15.2 Å². The zero-order chi connectivity index (χ0) is 15.5. The van der Waals surface area contributed by atoms with Crippen molar-refractivity contribution in [2.75, 3.05) is 13.2 Å². The van der Waals surface area contributed by atoms with Gasteiger partial charge in [-0.25, -0.2) is 0 Å². The minimum absolute atomic E-state index is 0.0770. The number of aliphatic hydroxyl groups is 1. The van der Waals surface area contributed by atoms with E-state index in [2.05, 4.69) is 5.32 Å². The molecule has 1 aliphatic heterocycles. The molecule has 1 fully saturated rings. The van der Waals surface area contributed by atoms with Crippen LogP contribution in [0.2, 0.25) is 0 Å². The van der Waals surface area contributed by atoms with Crippen molar-refractivity contribution < 1.29 is 19.6 Å². The molecule has 0 bridgehead atoms. The molecule has 0 saturated carbocycles. The molecule has 1 amide bonds. The molecule has 2 unspecified atom stereocenters. The summed E-state index contributed by atoms with van der Waals surface area (Å²) in [4.78, 5) is 22.3. The quantitative estimate of drug-likeness (QED) is 0.617. The van der Waals surface area contributed by atoms with Gasteiger partial charge in [0, 0.05) is 31.2 Å². The Morgan fingerprint density at radius 2 is 2.29 bits per heavy atom. The lowest BCUT2D eigenvalue weighted by molar-refractivity contribution is -0.385. The lowest BCUT2D eigenvalue weighted by Crippen LogP contribution is -2.47. The molecule has 114 valence electrons. The van der Waals surface area contributed by atoms with Crippen molar-refractivity contribution in [1.29, 1.82) is 0 Å². The number of para-hydroxylation sites is 1. The van der Waals surface area contributed by atoms with E-state index >= 15 is 0 Å². The highest BCUT2D eigenvalue weighted by atomic mass is 16.6. The highest BCUT2D eigenvalue weighted by Gasteiger charge is 2.39. The molecule has 1 aromatic carbocycles. The van der Waals surface area contributed by atoms with Crippen LogP contribution in [-0.2, 0) is 16.0 Å². The highest BCUT2D eigenvalue weighted by Crippen LogP contribution is 2.25. The molecule has 0 aliphatic carbocycles. The molecular formula is C14H18N2O5. The summed E-state index contributed by atoms with van der Waals surface area (Å²) in [7, 11) is 0. The zero-order valence-corrected chi connectivity index (χ0v) is 11.7. The molecule has 1 aliphatic rings. The molecule has 2 atom stereocenters. The average molecular weight is 294 g/mol. The molecule has 7 nitrogen and oxygen atoms in total. The van der Waals surface area contributed by atoms with Gasteiger partial charge in [-0.3, -0.25) is 14.9 Å². The third-order valence-corrected chi connectivity index (χ3v) is 3.79. The molecule has 7 heteroatoms. The van der Waals surface area contributed by atoms with E-state index in [4.69, 9.17) is 4.74 Å². The maximum absolute atomic E-state index is 11.9. The summed E-state index contributed by atoms with van der Waals surface area (Å²) in [6, 6.07) is 6.12. The fraction of sp³-hybridized carbons (Fsp3) is 0.500. The van der Waals surface area contributed by atoms with Crippen LogP contribution in [-0.4, -0.2) is 40.8 Å². The number of hydrogen-bond donors (Lipinski definition) is 2. The topological polar surface area (TPSA) is 102 Å². The Hall–Kier alpha value is -1.99. The number of carbonyl (C=O) groups is 1. The van der Waals surface area contributed by atoms with Gasteiger partial charge in [-0.2, -0.15) is 0 Å². The van der Waals surface area contributed by atoms with E-state index < -0.39 is 10.5 Å². The van der Waals surface area contributed by atoms with Crippen LogP contribution in [0.1, 0.15) is 18.9 Å². The number of nitro benzene ring substituents is 1. The van der Waals surface area contributed by atoms with Gasteiger partial charge in [-0.05, 0) is 6.92 Å². The van der Waals surface area contributed by atoms with E-state index in [0.29, 0.717) is 18.6 Å². The summed E-state index contributed by atoms with van der Waals surface area (Å²) in [5, 5.41) is 23.8. The predicted molar refractivity (Wildman–Crippen MR) is 74.8 cm³/mol.